The van der Waals surface area contributed by atoms with Crippen molar-refractivity contribution in [1.82, 2.24) is 19.7 Å². The van der Waals surface area contributed by atoms with Crippen LogP contribution in [0.4, 0.5) is 5.69 Å². The standard InChI is InChI=1S/C27H39N5O/c1-29(2)25-6-4-24(5-7-25)27(33)32(20-22-8-14-28-15-9-22)21-23-10-18-31(19-11-23)26-12-16-30(3)17-13-26/h4-9,14-15,23,26H,10-13,16-21H2,1-3H3. The van der Waals surface area contributed by atoms with E-state index in [0.29, 0.717) is 12.5 Å². The highest BCUT2D eigenvalue weighted by molar-refractivity contribution is 5.94. The third-order valence-electron chi connectivity index (χ3n) is 7.37. The van der Waals surface area contributed by atoms with Crippen LogP contribution >= 0.6 is 0 Å². The molecule has 0 spiro atoms. The quantitative estimate of drug-likeness (QED) is 0.646. The molecular weight excluding hydrogens is 410 g/mol. The molecule has 2 aromatic rings. The predicted octanol–water partition coefficient (Wildman–Crippen LogP) is 3.60. The van der Waals surface area contributed by atoms with Crippen LogP contribution in [0.15, 0.2) is 48.8 Å². The third-order valence-corrected chi connectivity index (χ3v) is 7.37. The fourth-order valence-electron chi connectivity index (χ4n) is 5.19. The molecule has 1 aromatic heterocycles. The van der Waals surface area contributed by atoms with E-state index in [4.69, 9.17) is 0 Å². The van der Waals surface area contributed by atoms with Gasteiger partial charge >= 0.3 is 0 Å². The first-order valence-corrected chi connectivity index (χ1v) is 12.4. The van der Waals surface area contributed by atoms with Gasteiger partial charge in [0.05, 0.1) is 0 Å². The number of rotatable bonds is 7. The van der Waals surface area contributed by atoms with Crippen molar-refractivity contribution >= 4 is 11.6 Å². The number of amides is 1. The number of hydrogen-bond donors (Lipinski definition) is 0. The molecule has 1 aromatic carbocycles. The van der Waals surface area contributed by atoms with Crippen LogP contribution in [-0.4, -0.2) is 85.5 Å². The Morgan fingerprint density at radius 2 is 1.58 bits per heavy atom. The second-order valence-electron chi connectivity index (χ2n) is 10.00. The number of likely N-dealkylation sites (tertiary alicyclic amines) is 2. The second-order valence-corrected chi connectivity index (χ2v) is 10.00. The van der Waals surface area contributed by atoms with E-state index in [1.807, 2.05) is 62.9 Å². The molecule has 0 unspecified atom stereocenters. The molecule has 0 N–H and O–H groups in total. The van der Waals surface area contributed by atoms with Crippen LogP contribution in [0.3, 0.4) is 0 Å². The average molecular weight is 450 g/mol. The Hall–Kier alpha value is -2.44. The zero-order valence-corrected chi connectivity index (χ0v) is 20.5. The number of benzene rings is 1. The van der Waals surface area contributed by atoms with E-state index in [1.165, 1.54) is 38.8 Å². The first-order valence-electron chi connectivity index (χ1n) is 12.4. The summed E-state index contributed by atoms with van der Waals surface area (Å²) >= 11 is 0. The van der Waals surface area contributed by atoms with Crippen molar-refractivity contribution < 1.29 is 4.79 Å². The molecule has 0 atom stereocenters. The van der Waals surface area contributed by atoms with E-state index >= 15 is 0 Å². The highest BCUT2D eigenvalue weighted by atomic mass is 16.2. The van der Waals surface area contributed by atoms with Crippen molar-refractivity contribution in [2.75, 3.05) is 58.8 Å². The number of carbonyl (C=O) groups is 1. The van der Waals surface area contributed by atoms with Crippen molar-refractivity contribution in [3.8, 4) is 0 Å². The molecule has 0 radical (unpaired) electrons. The summed E-state index contributed by atoms with van der Waals surface area (Å²) in [6, 6.07) is 12.7. The summed E-state index contributed by atoms with van der Waals surface area (Å²) in [4.78, 5) is 26.9. The zero-order valence-electron chi connectivity index (χ0n) is 20.5. The Kier molecular flexibility index (Phi) is 7.99. The van der Waals surface area contributed by atoms with Gasteiger partial charge in [-0.15, -0.1) is 0 Å². The predicted molar refractivity (Wildman–Crippen MR) is 135 cm³/mol. The number of carbonyl (C=O) groups excluding carboxylic acids is 1. The van der Waals surface area contributed by atoms with Crippen LogP contribution in [0.1, 0.15) is 41.6 Å². The van der Waals surface area contributed by atoms with Gasteiger partial charge in [-0.2, -0.15) is 0 Å². The average Bonchev–Trinajstić information content (AvgIpc) is 2.85. The molecule has 0 aliphatic carbocycles. The number of hydrogen-bond acceptors (Lipinski definition) is 5. The molecule has 33 heavy (non-hydrogen) atoms. The lowest BCUT2D eigenvalue weighted by atomic mass is 9.92. The summed E-state index contributed by atoms with van der Waals surface area (Å²) in [7, 11) is 6.26. The number of aromatic nitrogens is 1. The molecule has 2 fully saturated rings. The molecule has 6 heteroatoms. The largest absolute Gasteiger partial charge is 0.378 e. The van der Waals surface area contributed by atoms with E-state index in [0.717, 1.165) is 42.5 Å². The highest BCUT2D eigenvalue weighted by Crippen LogP contribution is 2.25. The van der Waals surface area contributed by atoms with Crippen LogP contribution < -0.4 is 4.90 Å². The van der Waals surface area contributed by atoms with Crippen LogP contribution in [0, 0.1) is 5.92 Å². The van der Waals surface area contributed by atoms with Gasteiger partial charge in [-0.05, 0) is 107 Å². The summed E-state index contributed by atoms with van der Waals surface area (Å²) in [5.41, 5.74) is 3.00. The molecule has 2 saturated heterocycles. The lowest BCUT2D eigenvalue weighted by Gasteiger charge is -2.42. The van der Waals surface area contributed by atoms with Crippen LogP contribution in [0.25, 0.3) is 0 Å². The maximum Gasteiger partial charge on any atom is 0.254 e. The fourth-order valence-corrected chi connectivity index (χ4v) is 5.19. The van der Waals surface area contributed by atoms with E-state index in [9.17, 15) is 4.79 Å². The number of nitrogens with zero attached hydrogens (tertiary/aromatic N) is 5. The molecule has 6 nitrogen and oxygen atoms in total. The van der Waals surface area contributed by atoms with Gasteiger partial charge in [-0.25, -0.2) is 0 Å². The van der Waals surface area contributed by atoms with Gasteiger partial charge < -0.3 is 19.6 Å². The second kappa shape index (κ2) is 11.1. The third kappa shape index (κ3) is 6.33. The maximum absolute atomic E-state index is 13.5. The molecule has 2 aliphatic heterocycles. The molecular formula is C27H39N5O. The molecule has 0 saturated carbocycles. The van der Waals surface area contributed by atoms with Crippen molar-refractivity contribution in [2.24, 2.45) is 5.92 Å². The SMILES string of the molecule is CN1CCC(N2CCC(CN(Cc3ccncc3)C(=O)c3ccc(N(C)C)cc3)CC2)CC1. The van der Waals surface area contributed by atoms with Crippen LogP contribution in [0.2, 0.25) is 0 Å². The zero-order chi connectivity index (χ0) is 23.2. The molecule has 3 heterocycles. The number of piperidine rings is 2. The van der Waals surface area contributed by atoms with Crippen molar-refractivity contribution in [1.29, 1.82) is 0 Å². The smallest absolute Gasteiger partial charge is 0.254 e. The minimum Gasteiger partial charge on any atom is -0.378 e. The molecule has 0 bridgehead atoms. The van der Waals surface area contributed by atoms with Gasteiger partial charge in [0.15, 0.2) is 0 Å². The highest BCUT2D eigenvalue weighted by Gasteiger charge is 2.29. The Morgan fingerprint density at radius 3 is 2.18 bits per heavy atom. The van der Waals surface area contributed by atoms with Gasteiger partial charge in [-0.1, -0.05) is 0 Å². The first kappa shape index (κ1) is 23.7. The van der Waals surface area contributed by atoms with Crippen molar-refractivity contribution in [3.05, 3.63) is 59.9 Å². The summed E-state index contributed by atoms with van der Waals surface area (Å²) in [6.45, 7) is 6.20. The molecule has 1 amide bonds. The van der Waals surface area contributed by atoms with Gasteiger partial charge in [-0.3, -0.25) is 9.78 Å². The lowest BCUT2D eigenvalue weighted by Crippen LogP contribution is -2.48. The van der Waals surface area contributed by atoms with E-state index in [-0.39, 0.29) is 5.91 Å². The minimum absolute atomic E-state index is 0.120. The summed E-state index contributed by atoms with van der Waals surface area (Å²) in [5, 5.41) is 0. The van der Waals surface area contributed by atoms with Crippen LogP contribution in [0.5, 0.6) is 0 Å². The molecule has 2 aliphatic rings. The summed E-state index contributed by atoms with van der Waals surface area (Å²) in [6.07, 6.45) is 8.54. The van der Waals surface area contributed by atoms with Gasteiger partial charge in [0.2, 0.25) is 0 Å². The Bertz CT molecular complexity index is 869. The Labute approximate surface area is 199 Å². The Morgan fingerprint density at radius 1 is 0.939 bits per heavy atom. The lowest BCUT2D eigenvalue weighted by molar-refractivity contribution is 0.0587. The Balaban J connectivity index is 1.40. The summed E-state index contributed by atoms with van der Waals surface area (Å²) < 4.78 is 0. The topological polar surface area (TPSA) is 42.9 Å². The van der Waals surface area contributed by atoms with Crippen molar-refractivity contribution in [3.63, 3.8) is 0 Å². The van der Waals surface area contributed by atoms with E-state index < -0.39 is 0 Å². The van der Waals surface area contributed by atoms with Crippen molar-refractivity contribution in [2.45, 2.75) is 38.3 Å². The first-order chi connectivity index (χ1) is 16.0. The van der Waals surface area contributed by atoms with Gasteiger partial charge in [0.25, 0.3) is 5.91 Å². The molecule has 4 rings (SSSR count). The number of pyridine rings is 1. The van der Waals surface area contributed by atoms with E-state index in [2.05, 4.69) is 31.6 Å². The maximum atomic E-state index is 13.5. The fraction of sp³-hybridized carbons (Fsp3) is 0.556. The molecule has 178 valence electrons. The number of anilines is 1. The minimum atomic E-state index is 0.120. The normalized spacial score (nSPS) is 18.9. The van der Waals surface area contributed by atoms with Gasteiger partial charge in [0, 0.05) is 56.9 Å². The van der Waals surface area contributed by atoms with E-state index in [1.54, 1.807) is 0 Å². The van der Waals surface area contributed by atoms with Crippen LogP contribution in [-0.2, 0) is 6.54 Å². The monoisotopic (exact) mass is 449 g/mol. The summed E-state index contributed by atoms with van der Waals surface area (Å²) in [5.74, 6) is 0.675. The van der Waals surface area contributed by atoms with Gasteiger partial charge in [0.1, 0.15) is 0 Å².